The first-order valence-corrected chi connectivity index (χ1v) is 10.9. The van der Waals surface area contributed by atoms with Crippen LogP contribution < -0.4 is 10.1 Å². The van der Waals surface area contributed by atoms with Gasteiger partial charge in [0.15, 0.2) is 6.61 Å². The van der Waals surface area contributed by atoms with Gasteiger partial charge in [-0.15, -0.1) is 0 Å². The van der Waals surface area contributed by atoms with Gasteiger partial charge in [0, 0.05) is 30.1 Å². The predicted octanol–water partition coefficient (Wildman–Crippen LogP) is 4.76. The summed E-state index contributed by atoms with van der Waals surface area (Å²) in [6.07, 6.45) is 0.376. The van der Waals surface area contributed by atoms with Crippen LogP contribution in [0.25, 0.3) is 0 Å². The number of nitrogens with zero attached hydrogens (tertiary/aromatic N) is 1. The third-order valence-electron chi connectivity index (χ3n) is 4.96. The summed E-state index contributed by atoms with van der Waals surface area (Å²) in [6, 6.07) is 22.9. The summed E-state index contributed by atoms with van der Waals surface area (Å²) >= 11 is 11.9. The van der Waals surface area contributed by atoms with Crippen LogP contribution in [0.2, 0.25) is 10.0 Å². The Morgan fingerprint density at radius 1 is 0.875 bits per heavy atom. The van der Waals surface area contributed by atoms with Gasteiger partial charge in [-0.3, -0.25) is 9.59 Å². The first-order chi connectivity index (χ1) is 15.5. The monoisotopic (exact) mass is 470 g/mol. The molecule has 0 saturated carbocycles. The highest BCUT2D eigenvalue weighted by atomic mass is 35.5. The zero-order chi connectivity index (χ0) is 22.9. The van der Waals surface area contributed by atoms with E-state index in [0.717, 1.165) is 11.1 Å². The van der Waals surface area contributed by atoms with E-state index in [0.29, 0.717) is 22.2 Å². The molecule has 0 saturated heterocycles. The van der Waals surface area contributed by atoms with Crippen LogP contribution in [0, 0.1) is 0 Å². The van der Waals surface area contributed by atoms with Gasteiger partial charge in [-0.25, -0.2) is 0 Å². The van der Waals surface area contributed by atoms with Crippen LogP contribution in [0.3, 0.4) is 0 Å². The van der Waals surface area contributed by atoms with Crippen LogP contribution in [-0.2, 0) is 22.6 Å². The summed E-state index contributed by atoms with van der Waals surface area (Å²) < 4.78 is 5.67. The summed E-state index contributed by atoms with van der Waals surface area (Å²) in [5.74, 6) is -0.0316. The van der Waals surface area contributed by atoms with Crippen molar-refractivity contribution in [3.8, 4) is 5.75 Å². The third-order valence-corrected chi connectivity index (χ3v) is 5.46. The molecule has 0 aliphatic carbocycles. The lowest BCUT2D eigenvalue weighted by molar-refractivity contribution is -0.142. The summed E-state index contributed by atoms with van der Waals surface area (Å²) in [4.78, 5) is 27.7. The molecule has 166 valence electrons. The SMILES string of the molecule is CNC(=O)C(Cc1ccccc1)N(Cc1ccc(Cl)cc1)C(=O)COc1ccc(Cl)cc1. The van der Waals surface area contributed by atoms with E-state index in [1.807, 2.05) is 42.5 Å². The van der Waals surface area contributed by atoms with Crippen LogP contribution in [0.15, 0.2) is 78.9 Å². The van der Waals surface area contributed by atoms with Gasteiger partial charge >= 0.3 is 0 Å². The summed E-state index contributed by atoms with van der Waals surface area (Å²) in [7, 11) is 1.56. The minimum atomic E-state index is -0.709. The number of carbonyl (C=O) groups excluding carboxylic acids is 2. The van der Waals surface area contributed by atoms with Gasteiger partial charge in [-0.1, -0.05) is 65.7 Å². The molecule has 1 atom stereocenters. The van der Waals surface area contributed by atoms with Crippen molar-refractivity contribution in [2.24, 2.45) is 0 Å². The average Bonchev–Trinajstić information content (AvgIpc) is 2.82. The van der Waals surface area contributed by atoms with Crippen molar-refractivity contribution in [2.45, 2.75) is 19.0 Å². The van der Waals surface area contributed by atoms with Crippen LogP contribution in [0.5, 0.6) is 5.75 Å². The number of rotatable bonds is 9. The molecule has 3 rings (SSSR count). The van der Waals surface area contributed by atoms with Crippen molar-refractivity contribution in [1.29, 1.82) is 0 Å². The van der Waals surface area contributed by atoms with Crippen molar-refractivity contribution in [3.05, 3.63) is 100 Å². The number of likely N-dealkylation sites (N-methyl/N-ethyl adjacent to an activating group) is 1. The fraction of sp³-hybridized carbons (Fsp3) is 0.200. The Labute approximate surface area is 197 Å². The van der Waals surface area contributed by atoms with Gasteiger partial charge < -0.3 is 15.0 Å². The molecule has 0 fully saturated rings. The van der Waals surface area contributed by atoms with Crippen molar-refractivity contribution < 1.29 is 14.3 Å². The highest BCUT2D eigenvalue weighted by molar-refractivity contribution is 6.30. The van der Waals surface area contributed by atoms with Crippen LogP contribution >= 0.6 is 23.2 Å². The number of carbonyl (C=O) groups is 2. The van der Waals surface area contributed by atoms with E-state index in [2.05, 4.69) is 5.32 Å². The highest BCUT2D eigenvalue weighted by Gasteiger charge is 2.30. The number of hydrogen-bond donors (Lipinski definition) is 1. The molecule has 3 aromatic carbocycles. The second kappa shape index (κ2) is 11.6. The molecule has 0 spiro atoms. The smallest absolute Gasteiger partial charge is 0.261 e. The maximum absolute atomic E-state index is 13.3. The fourth-order valence-electron chi connectivity index (χ4n) is 3.27. The summed E-state index contributed by atoms with van der Waals surface area (Å²) in [5.41, 5.74) is 1.81. The van der Waals surface area contributed by atoms with Gasteiger partial charge in [-0.05, 0) is 47.5 Å². The molecule has 0 aliphatic rings. The Kier molecular flexibility index (Phi) is 8.54. The van der Waals surface area contributed by atoms with E-state index < -0.39 is 6.04 Å². The minimum Gasteiger partial charge on any atom is -0.484 e. The lowest BCUT2D eigenvalue weighted by Gasteiger charge is -2.31. The fourth-order valence-corrected chi connectivity index (χ4v) is 3.52. The van der Waals surface area contributed by atoms with Gasteiger partial charge in [0.05, 0.1) is 0 Å². The number of ether oxygens (including phenoxy) is 1. The molecule has 0 heterocycles. The molecule has 32 heavy (non-hydrogen) atoms. The van der Waals surface area contributed by atoms with E-state index in [1.54, 1.807) is 48.3 Å². The average molecular weight is 471 g/mol. The molecule has 0 radical (unpaired) electrons. The molecule has 2 amide bonds. The molecule has 0 aliphatic heterocycles. The van der Waals surface area contributed by atoms with E-state index in [9.17, 15) is 9.59 Å². The maximum atomic E-state index is 13.3. The molecule has 0 bridgehead atoms. The lowest BCUT2D eigenvalue weighted by atomic mass is 10.0. The van der Waals surface area contributed by atoms with Gasteiger partial charge in [0.2, 0.25) is 5.91 Å². The normalized spacial score (nSPS) is 11.5. The largest absolute Gasteiger partial charge is 0.484 e. The molecule has 1 N–H and O–H groups in total. The topological polar surface area (TPSA) is 58.6 Å². The van der Waals surface area contributed by atoms with Crippen molar-refractivity contribution in [2.75, 3.05) is 13.7 Å². The molecule has 5 nitrogen and oxygen atoms in total. The first-order valence-electron chi connectivity index (χ1n) is 10.1. The number of amides is 2. The zero-order valence-electron chi connectivity index (χ0n) is 17.6. The Hall–Kier alpha value is -3.02. The molecule has 7 heteroatoms. The highest BCUT2D eigenvalue weighted by Crippen LogP contribution is 2.19. The van der Waals surface area contributed by atoms with Gasteiger partial charge in [0.1, 0.15) is 11.8 Å². The van der Waals surface area contributed by atoms with Crippen molar-refractivity contribution in [3.63, 3.8) is 0 Å². The maximum Gasteiger partial charge on any atom is 0.261 e. The standard InChI is InChI=1S/C25H24Cl2N2O3/c1-28-25(31)23(15-18-5-3-2-4-6-18)29(16-19-7-9-20(26)10-8-19)24(30)17-32-22-13-11-21(27)12-14-22/h2-14,23H,15-17H2,1H3,(H,28,31). The second-order valence-electron chi connectivity index (χ2n) is 7.21. The second-order valence-corrected chi connectivity index (χ2v) is 8.08. The number of benzene rings is 3. The van der Waals surface area contributed by atoms with E-state index >= 15 is 0 Å². The van der Waals surface area contributed by atoms with Crippen LogP contribution in [0.4, 0.5) is 0 Å². The quantitative estimate of drug-likeness (QED) is 0.490. The predicted molar refractivity (Wildman–Crippen MR) is 127 cm³/mol. The number of hydrogen-bond acceptors (Lipinski definition) is 3. The zero-order valence-corrected chi connectivity index (χ0v) is 19.1. The van der Waals surface area contributed by atoms with E-state index in [1.165, 1.54) is 0 Å². The van der Waals surface area contributed by atoms with Gasteiger partial charge in [-0.2, -0.15) is 0 Å². The van der Waals surface area contributed by atoms with Crippen molar-refractivity contribution >= 4 is 35.0 Å². The Balaban J connectivity index is 1.85. The Morgan fingerprint density at radius 3 is 2.06 bits per heavy atom. The Bertz CT molecular complexity index is 1030. The van der Waals surface area contributed by atoms with Crippen molar-refractivity contribution in [1.82, 2.24) is 10.2 Å². The molecular formula is C25H24Cl2N2O3. The third kappa shape index (κ3) is 6.74. The van der Waals surface area contributed by atoms with Crippen LogP contribution in [0.1, 0.15) is 11.1 Å². The number of nitrogens with one attached hydrogen (secondary N) is 1. The van der Waals surface area contributed by atoms with E-state index in [-0.39, 0.29) is 25.0 Å². The molecule has 0 aromatic heterocycles. The van der Waals surface area contributed by atoms with Crippen LogP contribution in [-0.4, -0.2) is 36.4 Å². The molecule has 1 unspecified atom stereocenters. The lowest BCUT2D eigenvalue weighted by Crippen LogP contribution is -2.51. The first kappa shape index (κ1) is 23.6. The van der Waals surface area contributed by atoms with Gasteiger partial charge in [0.25, 0.3) is 5.91 Å². The number of halogens is 2. The Morgan fingerprint density at radius 2 is 1.47 bits per heavy atom. The molecular weight excluding hydrogens is 447 g/mol. The van der Waals surface area contributed by atoms with E-state index in [4.69, 9.17) is 27.9 Å². The summed E-state index contributed by atoms with van der Waals surface area (Å²) in [6.45, 7) is 0.0302. The minimum absolute atomic E-state index is 0.211. The molecule has 3 aromatic rings. The summed E-state index contributed by atoms with van der Waals surface area (Å²) in [5, 5.41) is 3.87.